The zero-order chi connectivity index (χ0) is 10.6. The molecule has 0 amide bonds. The van der Waals surface area contributed by atoms with Gasteiger partial charge in [-0.1, -0.05) is 30.3 Å². The quantitative estimate of drug-likeness (QED) is 0.598. The average molecular weight is 250 g/mol. The summed E-state index contributed by atoms with van der Waals surface area (Å²) in [5.41, 5.74) is 1.12. The fraction of sp³-hybridized carbons (Fsp3) is 0.0909. The number of rotatable bonds is 2. The molecule has 0 fully saturated rings. The fourth-order valence-electron chi connectivity index (χ4n) is 1.02. The fourth-order valence-corrected chi connectivity index (χ4v) is 1.34. The molecule has 0 saturated carbocycles. The van der Waals surface area contributed by atoms with E-state index in [9.17, 15) is 4.79 Å². The number of carbonyl (C=O) groups excluding carboxylic acids is 1. The second-order valence-corrected chi connectivity index (χ2v) is 3.52. The van der Waals surface area contributed by atoms with Gasteiger partial charge in [-0.3, -0.25) is 4.79 Å². The van der Waals surface area contributed by atoms with Crippen LogP contribution in [0.4, 0.5) is 0 Å². The molecule has 0 aliphatic carbocycles. The average Bonchev–Trinajstić information content (AvgIpc) is 2.20. The van der Waals surface area contributed by atoms with Crippen LogP contribution in [0.3, 0.4) is 0 Å². The molecule has 2 nitrogen and oxygen atoms in total. The van der Waals surface area contributed by atoms with Crippen LogP contribution in [-0.2, 0) is 4.79 Å². The van der Waals surface area contributed by atoms with Crippen LogP contribution >= 0.6 is 15.9 Å². The maximum atomic E-state index is 11.1. The van der Waals surface area contributed by atoms with Crippen LogP contribution in [0.25, 0.3) is 5.57 Å². The van der Waals surface area contributed by atoms with Crippen LogP contribution in [0.5, 0.6) is 0 Å². The van der Waals surface area contributed by atoms with Crippen molar-refractivity contribution >= 4 is 27.3 Å². The molecule has 14 heavy (non-hydrogen) atoms. The molecule has 0 N–H and O–H groups in total. The molecule has 0 unspecified atom stereocenters. The van der Waals surface area contributed by atoms with Gasteiger partial charge in [-0.05, 0) is 28.4 Å². The molecule has 0 bridgehead atoms. The Labute approximate surface area is 91.0 Å². The summed E-state index contributed by atoms with van der Waals surface area (Å²) in [4.78, 5) is 11.1. The number of nitriles is 1. The van der Waals surface area contributed by atoms with Crippen LogP contribution in [0.2, 0.25) is 0 Å². The lowest BCUT2D eigenvalue weighted by molar-refractivity contribution is -0.112. The first-order chi connectivity index (χ1) is 6.66. The zero-order valence-corrected chi connectivity index (χ0v) is 9.21. The molecule has 1 aromatic carbocycles. The molecule has 0 aliphatic heterocycles. The van der Waals surface area contributed by atoms with E-state index < -0.39 is 0 Å². The van der Waals surface area contributed by atoms with Crippen LogP contribution in [0.1, 0.15) is 12.5 Å². The highest BCUT2D eigenvalue weighted by Crippen LogP contribution is 2.22. The summed E-state index contributed by atoms with van der Waals surface area (Å²) in [6, 6.07) is 11.1. The zero-order valence-electron chi connectivity index (χ0n) is 7.62. The molecule has 0 aliphatic rings. The molecule has 1 aromatic rings. The summed E-state index contributed by atoms with van der Waals surface area (Å²) in [6.45, 7) is 1.42. The minimum absolute atomic E-state index is 0.148. The van der Waals surface area contributed by atoms with Gasteiger partial charge in [-0.25, -0.2) is 0 Å². The van der Waals surface area contributed by atoms with Gasteiger partial charge in [0.1, 0.15) is 6.07 Å². The van der Waals surface area contributed by atoms with E-state index in [0.29, 0.717) is 10.1 Å². The number of benzene rings is 1. The highest BCUT2D eigenvalue weighted by atomic mass is 79.9. The monoisotopic (exact) mass is 249 g/mol. The lowest BCUT2D eigenvalue weighted by Crippen LogP contribution is -1.93. The molecular weight excluding hydrogens is 242 g/mol. The number of Topliss-reactive ketones (excluding diaryl/α,β-unsaturated/α-hetero) is 1. The highest BCUT2D eigenvalue weighted by molar-refractivity contribution is 9.12. The standard InChI is InChI=1S/C11H8BrNO/c1-8(14)11(12)10(7-13)9-5-3-2-4-6-9/h2-6H,1H3/b11-10+. The molecule has 0 atom stereocenters. The number of halogens is 1. The van der Waals surface area contributed by atoms with Crippen molar-refractivity contribution in [3.63, 3.8) is 0 Å². The molecule has 0 spiro atoms. The first-order valence-corrected chi connectivity index (χ1v) is 4.82. The summed E-state index contributed by atoms with van der Waals surface area (Å²) in [5, 5.41) is 8.91. The highest BCUT2D eigenvalue weighted by Gasteiger charge is 2.09. The Hall–Kier alpha value is -1.40. The Morgan fingerprint density at radius 2 is 1.93 bits per heavy atom. The van der Waals surface area contributed by atoms with E-state index in [1.807, 2.05) is 24.3 Å². The maximum Gasteiger partial charge on any atom is 0.168 e. The molecule has 0 saturated heterocycles. The summed E-state index contributed by atoms with van der Waals surface area (Å²) in [5.74, 6) is -0.148. The molecular formula is C11H8BrNO. The van der Waals surface area contributed by atoms with Gasteiger partial charge in [0.25, 0.3) is 0 Å². The van der Waals surface area contributed by atoms with Crippen molar-refractivity contribution in [1.29, 1.82) is 5.26 Å². The van der Waals surface area contributed by atoms with E-state index >= 15 is 0 Å². The van der Waals surface area contributed by atoms with Gasteiger partial charge in [0.15, 0.2) is 5.78 Å². The van der Waals surface area contributed by atoms with Crippen LogP contribution < -0.4 is 0 Å². The SMILES string of the molecule is CC(=O)/C(Br)=C(/C#N)c1ccccc1. The number of allylic oxidation sites excluding steroid dienone is 2. The number of hydrogen-bond donors (Lipinski definition) is 0. The Balaban J connectivity index is 3.26. The third kappa shape index (κ3) is 2.30. The first-order valence-electron chi connectivity index (χ1n) is 4.03. The van der Waals surface area contributed by atoms with Crippen molar-refractivity contribution in [2.24, 2.45) is 0 Å². The molecule has 0 aromatic heterocycles. The van der Waals surface area contributed by atoms with E-state index in [4.69, 9.17) is 5.26 Å². The van der Waals surface area contributed by atoms with Gasteiger partial charge in [0.05, 0.1) is 10.1 Å². The van der Waals surface area contributed by atoms with Gasteiger partial charge >= 0.3 is 0 Å². The molecule has 0 heterocycles. The van der Waals surface area contributed by atoms with Crippen molar-refractivity contribution in [3.05, 3.63) is 40.4 Å². The van der Waals surface area contributed by atoms with Crippen LogP contribution in [0.15, 0.2) is 34.8 Å². The minimum atomic E-state index is -0.148. The third-order valence-corrected chi connectivity index (χ3v) is 2.66. The smallest absolute Gasteiger partial charge is 0.168 e. The summed E-state index contributed by atoms with van der Waals surface area (Å²) in [7, 11) is 0. The first kappa shape index (κ1) is 10.7. The molecule has 0 radical (unpaired) electrons. The van der Waals surface area contributed by atoms with Crippen molar-refractivity contribution in [2.45, 2.75) is 6.92 Å². The van der Waals surface area contributed by atoms with Crippen molar-refractivity contribution in [1.82, 2.24) is 0 Å². The Morgan fingerprint density at radius 3 is 2.36 bits per heavy atom. The van der Waals surface area contributed by atoms with Crippen LogP contribution in [-0.4, -0.2) is 5.78 Å². The molecule has 70 valence electrons. The summed E-state index contributed by atoms with van der Waals surface area (Å²) in [6.07, 6.45) is 0. The van der Waals surface area contributed by atoms with Gasteiger partial charge in [0.2, 0.25) is 0 Å². The second kappa shape index (κ2) is 4.73. The summed E-state index contributed by atoms with van der Waals surface area (Å²) >= 11 is 3.11. The topological polar surface area (TPSA) is 40.9 Å². The van der Waals surface area contributed by atoms with Gasteiger partial charge in [-0.15, -0.1) is 0 Å². The Morgan fingerprint density at radius 1 is 1.36 bits per heavy atom. The van der Waals surface area contributed by atoms with E-state index in [1.54, 1.807) is 12.1 Å². The molecule has 1 rings (SSSR count). The second-order valence-electron chi connectivity index (χ2n) is 2.72. The van der Waals surface area contributed by atoms with Crippen molar-refractivity contribution < 1.29 is 4.79 Å². The van der Waals surface area contributed by atoms with E-state index in [2.05, 4.69) is 15.9 Å². The van der Waals surface area contributed by atoms with Crippen molar-refractivity contribution in [2.75, 3.05) is 0 Å². The lowest BCUT2D eigenvalue weighted by Gasteiger charge is -2.00. The van der Waals surface area contributed by atoms with E-state index in [0.717, 1.165) is 5.56 Å². The predicted molar refractivity (Wildman–Crippen MR) is 58.6 cm³/mol. The van der Waals surface area contributed by atoms with Crippen LogP contribution in [0, 0.1) is 11.3 Å². The third-order valence-electron chi connectivity index (χ3n) is 1.70. The Bertz CT molecular complexity index is 415. The Kier molecular flexibility index (Phi) is 3.61. The number of ketones is 1. The lowest BCUT2D eigenvalue weighted by atomic mass is 10.1. The largest absolute Gasteiger partial charge is 0.294 e. The molecule has 3 heteroatoms. The normalized spacial score (nSPS) is 11.5. The van der Waals surface area contributed by atoms with Gasteiger partial charge in [0, 0.05) is 0 Å². The van der Waals surface area contributed by atoms with Gasteiger partial charge in [-0.2, -0.15) is 5.26 Å². The number of hydrogen-bond acceptors (Lipinski definition) is 2. The predicted octanol–water partition coefficient (Wildman–Crippen LogP) is 2.91. The minimum Gasteiger partial charge on any atom is -0.294 e. The number of carbonyl (C=O) groups is 1. The van der Waals surface area contributed by atoms with Crippen molar-refractivity contribution in [3.8, 4) is 6.07 Å². The maximum absolute atomic E-state index is 11.1. The van der Waals surface area contributed by atoms with E-state index in [-0.39, 0.29) is 5.78 Å². The van der Waals surface area contributed by atoms with E-state index in [1.165, 1.54) is 6.92 Å². The summed E-state index contributed by atoms with van der Waals surface area (Å²) < 4.78 is 0.325. The van der Waals surface area contributed by atoms with Gasteiger partial charge < -0.3 is 0 Å². The number of nitrogens with zero attached hydrogens (tertiary/aromatic N) is 1.